The van der Waals surface area contributed by atoms with Crippen LogP contribution in [0, 0.1) is 5.41 Å². The molecule has 0 aliphatic carbocycles. The maximum Gasteiger partial charge on any atom is 0.248 e. The molecule has 1 aromatic heterocycles. The number of ether oxygens (including phenoxy) is 1. The van der Waals surface area contributed by atoms with Gasteiger partial charge in [0.25, 0.3) is 0 Å². The highest BCUT2D eigenvalue weighted by Gasteiger charge is 2.37. The molecule has 1 aliphatic heterocycles. The fraction of sp³-hybridized carbons (Fsp3) is 0.400. The molecule has 0 spiro atoms. The summed E-state index contributed by atoms with van der Waals surface area (Å²) in [5.41, 5.74) is 9.30. The van der Waals surface area contributed by atoms with E-state index in [9.17, 15) is 14.7 Å². The zero-order valence-corrected chi connectivity index (χ0v) is 25.4. The quantitative estimate of drug-likeness (QED) is 0.258. The predicted molar refractivity (Wildman–Crippen MR) is 169 cm³/mol. The molecule has 2 heterocycles. The molecule has 2 amide bonds. The SMILES string of the molecule is CC(N)C(=O)NC(C(=O)N1CCCC1/C=C/[C@](C)(CO)Cc1cccc(-c2ccccn2)c1)C(C)OCc1ccccc1. The van der Waals surface area contributed by atoms with Crippen molar-refractivity contribution in [1.82, 2.24) is 15.2 Å². The number of aliphatic hydroxyl groups excluding tert-OH is 1. The molecule has 0 bridgehead atoms. The van der Waals surface area contributed by atoms with Crippen LogP contribution < -0.4 is 11.1 Å². The van der Waals surface area contributed by atoms with E-state index < -0.39 is 29.5 Å². The number of likely N-dealkylation sites (tertiary alicyclic amines) is 1. The Kier molecular flexibility index (Phi) is 11.2. The molecule has 2 aromatic carbocycles. The van der Waals surface area contributed by atoms with Gasteiger partial charge in [0.15, 0.2) is 0 Å². The Bertz CT molecular complexity index is 1360. The van der Waals surface area contributed by atoms with Crippen LogP contribution in [0.4, 0.5) is 0 Å². The maximum atomic E-state index is 13.9. The molecule has 4 rings (SSSR count). The molecule has 4 unspecified atom stereocenters. The average molecular weight is 585 g/mol. The van der Waals surface area contributed by atoms with Crippen LogP contribution in [-0.2, 0) is 27.4 Å². The van der Waals surface area contributed by atoms with Crippen molar-refractivity contribution in [2.75, 3.05) is 13.2 Å². The number of aromatic nitrogens is 1. The van der Waals surface area contributed by atoms with Crippen molar-refractivity contribution in [2.45, 2.75) is 70.9 Å². The van der Waals surface area contributed by atoms with Crippen LogP contribution in [0.25, 0.3) is 11.3 Å². The van der Waals surface area contributed by atoms with Crippen molar-refractivity contribution in [2.24, 2.45) is 11.1 Å². The molecule has 1 saturated heterocycles. The van der Waals surface area contributed by atoms with Crippen LogP contribution in [0.1, 0.15) is 44.7 Å². The number of nitrogens with two attached hydrogens (primary N) is 1. The Morgan fingerprint density at radius 3 is 2.56 bits per heavy atom. The van der Waals surface area contributed by atoms with Crippen LogP contribution in [0.2, 0.25) is 0 Å². The van der Waals surface area contributed by atoms with Gasteiger partial charge in [-0.05, 0) is 62.4 Å². The second-order valence-corrected chi connectivity index (χ2v) is 11.8. The Morgan fingerprint density at radius 2 is 1.86 bits per heavy atom. The van der Waals surface area contributed by atoms with Gasteiger partial charge in [0.05, 0.1) is 37.1 Å². The van der Waals surface area contributed by atoms with Gasteiger partial charge in [-0.1, -0.05) is 73.7 Å². The fourth-order valence-corrected chi connectivity index (χ4v) is 5.36. The highest BCUT2D eigenvalue weighted by Crippen LogP contribution is 2.29. The zero-order valence-electron chi connectivity index (χ0n) is 25.4. The van der Waals surface area contributed by atoms with Crippen molar-refractivity contribution in [3.63, 3.8) is 0 Å². The Balaban J connectivity index is 1.47. The van der Waals surface area contributed by atoms with Gasteiger partial charge in [-0.25, -0.2) is 0 Å². The maximum absolute atomic E-state index is 13.9. The molecule has 5 atom stereocenters. The number of nitrogens with zero attached hydrogens (tertiary/aromatic N) is 2. The van der Waals surface area contributed by atoms with E-state index in [1.807, 2.05) is 84.6 Å². The number of hydrogen-bond donors (Lipinski definition) is 3. The van der Waals surface area contributed by atoms with Gasteiger partial charge in [0.2, 0.25) is 11.8 Å². The molecule has 0 radical (unpaired) electrons. The van der Waals surface area contributed by atoms with Gasteiger partial charge in [0, 0.05) is 23.7 Å². The third-order valence-electron chi connectivity index (χ3n) is 7.96. The molecule has 8 heteroatoms. The van der Waals surface area contributed by atoms with Crippen LogP contribution in [0.3, 0.4) is 0 Å². The molecule has 8 nitrogen and oxygen atoms in total. The van der Waals surface area contributed by atoms with E-state index in [0.29, 0.717) is 19.6 Å². The van der Waals surface area contributed by atoms with Gasteiger partial charge in [-0.2, -0.15) is 0 Å². The number of pyridine rings is 1. The third kappa shape index (κ3) is 8.83. The second-order valence-electron chi connectivity index (χ2n) is 11.8. The summed E-state index contributed by atoms with van der Waals surface area (Å²) >= 11 is 0. The van der Waals surface area contributed by atoms with Gasteiger partial charge in [0.1, 0.15) is 6.04 Å². The molecule has 1 fully saturated rings. The first kappa shape index (κ1) is 32.1. The molecule has 0 saturated carbocycles. The van der Waals surface area contributed by atoms with Crippen molar-refractivity contribution >= 4 is 11.8 Å². The first-order valence-electron chi connectivity index (χ1n) is 15.0. The topological polar surface area (TPSA) is 118 Å². The van der Waals surface area contributed by atoms with Crippen molar-refractivity contribution in [3.8, 4) is 11.3 Å². The summed E-state index contributed by atoms with van der Waals surface area (Å²) in [5.74, 6) is -0.601. The first-order valence-corrected chi connectivity index (χ1v) is 15.0. The molecule has 43 heavy (non-hydrogen) atoms. The van der Waals surface area contributed by atoms with Gasteiger partial charge in [-0.3, -0.25) is 14.6 Å². The minimum atomic E-state index is -0.880. The molecular weight excluding hydrogens is 540 g/mol. The van der Waals surface area contributed by atoms with E-state index in [4.69, 9.17) is 10.5 Å². The standard InChI is InChI=1S/C35H44N4O4/c1-25(36)33(41)38-32(26(2)43-23-27-11-5-4-6-12-27)34(42)39-20-10-15-30(39)17-18-35(3,24-40)22-28-13-9-14-29(21-28)31-16-7-8-19-37-31/h4-9,11-14,16-19,21,25-26,30,32,40H,10,15,20,22-24,36H2,1-3H3,(H,38,41)/b18-17+/t25?,26?,30?,32?,35-/m0/s1. The van der Waals surface area contributed by atoms with E-state index in [2.05, 4.69) is 22.4 Å². The highest BCUT2D eigenvalue weighted by atomic mass is 16.5. The van der Waals surface area contributed by atoms with Gasteiger partial charge < -0.3 is 25.8 Å². The lowest BCUT2D eigenvalue weighted by atomic mass is 9.83. The Hall–Kier alpha value is -3.85. The summed E-state index contributed by atoms with van der Waals surface area (Å²) in [4.78, 5) is 32.8. The summed E-state index contributed by atoms with van der Waals surface area (Å²) in [7, 11) is 0. The minimum Gasteiger partial charge on any atom is -0.395 e. The third-order valence-corrected chi connectivity index (χ3v) is 7.96. The van der Waals surface area contributed by atoms with Crippen LogP contribution in [-0.4, -0.2) is 64.2 Å². The lowest BCUT2D eigenvalue weighted by Crippen LogP contribution is -2.57. The number of carbonyl (C=O) groups excluding carboxylic acids is 2. The summed E-state index contributed by atoms with van der Waals surface area (Å²) in [6, 6.07) is 22.0. The first-order chi connectivity index (χ1) is 20.7. The molecule has 1 aliphatic rings. The zero-order chi connectivity index (χ0) is 30.8. The summed E-state index contributed by atoms with van der Waals surface area (Å²) in [6.45, 7) is 6.26. The Labute approximate surface area is 255 Å². The predicted octanol–water partition coefficient (Wildman–Crippen LogP) is 4.27. The summed E-state index contributed by atoms with van der Waals surface area (Å²) in [6.07, 6.45) is 7.53. The average Bonchev–Trinajstić information content (AvgIpc) is 3.51. The number of aliphatic hydroxyl groups is 1. The molecule has 228 valence electrons. The molecule has 4 N–H and O–H groups in total. The summed E-state index contributed by atoms with van der Waals surface area (Å²) < 4.78 is 6.07. The minimum absolute atomic E-state index is 0.0462. The van der Waals surface area contributed by atoms with E-state index in [-0.39, 0.29) is 18.6 Å². The smallest absolute Gasteiger partial charge is 0.248 e. The number of amides is 2. The van der Waals surface area contributed by atoms with E-state index in [1.165, 1.54) is 0 Å². The number of hydrogen-bond acceptors (Lipinski definition) is 6. The van der Waals surface area contributed by atoms with Crippen LogP contribution >= 0.6 is 0 Å². The number of rotatable bonds is 13. The number of benzene rings is 2. The van der Waals surface area contributed by atoms with Gasteiger partial charge in [-0.15, -0.1) is 0 Å². The fourth-order valence-electron chi connectivity index (χ4n) is 5.36. The van der Waals surface area contributed by atoms with Gasteiger partial charge >= 0.3 is 0 Å². The summed E-state index contributed by atoms with van der Waals surface area (Å²) in [5, 5.41) is 13.3. The lowest BCUT2D eigenvalue weighted by Gasteiger charge is -2.32. The highest BCUT2D eigenvalue weighted by molar-refractivity contribution is 5.90. The van der Waals surface area contributed by atoms with Crippen molar-refractivity contribution < 1.29 is 19.4 Å². The van der Waals surface area contributed by atoms with Crippen LogP contribution in [0.5, 0.6) is 0 Å². The van der Waals surface area contributed by atoms with Crippen LogP contribution in [0.15, 0.2) is 91.1 Å². The van der Waals surface area contributed by atoms with Crippen molar-refractivity contribution in [3.05, 3.63) is 102 Å². The second kappa shape index (κ2) is 15.0. The number of nitrogens with one attached hydrogen (secondary N) is 1. The lowest BCUT2D eigenvalue weighted by molar-refractivity contribution is -0.141. The van der Waals surface area contributed by atoms with Crippen molar-refractivity contribution in [1.29, 1.82) is 0 Å². The molecular formula is C35H44N4O4. The van der Waals surface area contributed by atoms with E-state index in [0.717, 1.165) is 35.2 Å². The monoisotopic (exact) mass is 584 g/mol. The van der Waals surface area contributed by atoms with E-state index >= 15 is 0 Å². The Morgan fingerprint density at radius 1 is 1.12 bits per heavy atom. The normalized spacial score (nSPS) is 18.6. The van der Waals surface area contributed by atoms with E-state index in [1.54, 1.807) is 20.0 Å². The number of carbonyl (C=O) groups is 2. The largest absolute Gasteiger partial charge is 0.395 e. The molecule has 3 aromatic rings.